The van der Waals surface area contributed by atoms with Crippen LogP contribution in [0.25, 0.3) is 0 Å². The molecule has 0 atom stereocenters. The summed E-state index contributed by atoms with van der Waals surface area (Å²) in [7, 11) is 1.70. The van der Waals surface area contributed by atoms with Gasteiger partial charge in [0.05, 0.1) is 25.9 Å². The lowest BCUT2D eigenvalue weighted by Gasteiger charge is -2.45. The van der Waals surface area contributed by atoms with Gasteiger partial charge < -0.3 is 19.1 Å². The average Bonchev–Trinajstić information content (AvgIpc) is 2.78. The normalized spacial score (nSPS) is 19.8. The molecule has 0 aromatic heterocycles. The molecule has 1 amide bonds. The van der Waals surface area contributed by atoms with Crippen LogP contribution in [0.3, 0.4) is 0 Å². The lowest BCUT2D eigenvalue weighted by atomic mass is 9.79. The highest BCUT2D eigenvalue weighted by molar-refractivity contribution is 5.94. The van der Waals surface area contributed by atoms with Gasteiger partial charge >= 0.3 is 0 Å². The van der Waals surface area contributed by atoms with Crippen LogP contribution in [-0.2, 0) is 23.2 Å². The molecular weight excluding hydrogens is 366 g/mol. The summed E-state index contributed by atoms with van der Waals surface area (Å²) in [4.78, 5) is 15.1. The molecule has 0 bridgehead atoms. The van der Waals surface area contributed by atoms with Crippen molar-refractivity contribution >= 4 is 5.91 Å². The molecule has 0 aliphatic carbocycles. The number of ether oxygens (including phenoxy) is 3. The average molecular weight is 393 g/mol. The number of likely N-dealkylation sites (tertiary alicyclic amines) is 1. The van der Waals surface area contributed by atoms with E-state index in [1.807, 2.05) is 29.2 Å². The van der Waals surface area contributed by atoms with Crippen LogP contribution in [0.15, 0.2) is 36.4 Å². The molecule has 5 heteroatoms. The third kappa shape index (κ3) is 3.27. The van der Waals surface area contributed by atoms with E-state index in [1.54, 1.807) is 7.11 Å². The van der Waals surface area contributed by atoms with E-state index >= 15 is 0 Å². The standard InChI is InChI=1S/C24H27NO4/c1-27-20-5-6-21-17(16-20)8-14-29-24(21)9-11-25(12-10-24)23(26)19-4-7-22-18(15-19)3-2-13-28-22/h4-7,15-16H,2-3,8-14H2,1H3. The molecule has 152 valence electrons. The van der Waals surface area contributed by atoms with Gasteiger partial charge in [-0.1, -0.05) is 6.07 Å². The zero-order chi connectivity index (χ0) is 19.8. The van der Waals surface area contributed by atoms with Crippen LogP contribution in [0.2, 0.25) is 0 Å². The molecule has 3 aliphatic heterocycles. The number of piperidine rings is 1. The molecule has 29 heavy (non-hydrogen) atoms. The first-order chi connectivity index (χ1) is 14.2. The predicted molar refractivity (Wildman–Crippen MR) is 110 cm³/mol. The summed E-state index contributed by atoms with van der Waals surface area (Å²) in [6.07, 6.45) is 4.55. The predicted octanol–water partition coefficient (Wildman–Crippen LogP) is 3.72. The number of benzene rings is 2. The molecule has 0 radical (unpaired) electrons. The third-order valence-corrected chi connectivity index (χ3v) is 6.57. The van der Waals surface area contributed by atoms with Crippen LogP contribution in [0.5, 0.6) is 11.5 Å². The Labute approximate surface area is 171 Å². The quantitative estimate of drug-likeness (QED) is 0.780. The van der Waals surface area contributed by atoms with Gasteiger partial charge in [0.25, 0.3) is 5.91 Å². The molecule has 1 fully saturated rings. The van der Waals surface area contributed by atoms with Crippen LogP contribution in [0.1, 0.15) is 46.3 Å². The maximum Gasteiger partial charge on any atom is 0.253 e. The maximum atomic E-state index is 13.1. The maximum absolute atomic E-state index is 13.1. The third-order valence-electron chi connectivity index (χ3n) is 6.57. The number of aryl methyl sites for hydroxylation is 1. The van der Waals surface area contributed by atoms with Gasteiger partial charge in [-0.15, -0.1) is 0 Å². The minimum atomic E-state index is -0.277. The minimum Gasteiger partial charge on any atom is -0.497 e. The zero-order valence-corrected chi connectivity index (χ0v) is 16.9. The number of nitrogens with zero attached hydrogens (tertiary/aromatic N) is 1. The number of hydrogen-bond donors (Lipinski definition) is 0. The van der Waals surface area contributed by atoms with Gasteiger partial charge in [-0.25, -0.2) is 0 Å². The van der Waals surface area contributed by atoms with Crippen molar-refractivity contribution in [3.63, 3.8) is 0 Å². The van der Waals surface area contributed by atoms with Crippen LogP contribution in [0.4, 0.5) is 0 Å². The molecule has 0 saturated carbocycles. The number of amides is 1. The summed E-state index contributed by atoms with van der Waals surface area (Å²) in [5, 5.41) is 0. The Kier molecular flexibility index (Phi) is 4.70. The molecule has 3 aliphatic rings. The van der Waals surface area contributed by atoms with Crippen molar-refractivity contribution in [2.24, 2.45) is 0 Å². The Bertz CT molecular complexity index is 930. The van der Waals surface area contributed by atoms with Gasteiger partial charge in [0.15, 0.2) is 0 Å². The fraction of sp³-hybridized carbons (Fsp3) is 0.458. The lowest BCUT2D eigenvalue weighted by Crippen LogP contribution is -2.48. The van der Waals surface area contributed by atoms with Gasteiger partial charge in [-0.05, 0) is 79.1 Å². The highest BCUT2D eigenvalue weighted by atomic mass is 16.5. The van der Waals surface area contributed by atoms with E-state index in [0.29, 0.717) is 13.1 Å². The topological polar surface area (TPSA) is 48.0 Å². The van der Waals surface area contributed by atoms with Gasteiger partial charge in [0.1, 0.15) is 11.5 Å². The first kappa shape index (κ1) is 18.5. The number of methoxy groups -OCH3 is 1. The summed E-state index contributed by atoms with van der Waals surface area (Å²) in [6, 6.07) is 12.2. The monoisotopic (exact) mass is 393 g/mol. The molecule has 2 aromatic rings. The van der Waals surface area contributed by atoms with Gasteiger partial charge in [0, 0.05) is 18.7 Å². The van der Waals surface area contributed by atoms with Crippen molar-refractivity contribution in [1.29, 1.82) is 0 Å². The van der Waals surface area contributed by atoms with E-state index in [4.69, 9.17) is 14.2 Å². The molecular formula is C24H27NO4. The minimum absolute atomic E-state index is 0.110. The van der Waals surface area contributed by atoms with Crippen molar-refractivity contribution in [1.82, 2.24) is 4.90 Å². The van der Waals surface area contributed by atoms with E-state index in [1.165, 1.54) is 11.1 Å². The molecule has 3 heterocycles. The molecule has 1 saturated heterocycles. The number of rotatable bonds is 2. The van der Waals surface area contributed by atoms with E-state index < -0.39 is 0 Å². The Morgan fingerprint density at radius 2 is 1.90 bits per heavy atom. The summed E-state index contributed by atoms with van der Waals surface area (Å²) >= 11 is 0. The second kappa shape index (κ2) is 7.38. The van der Waals surface area contributed by atoms with Crippen molar-refractivity contribution in [2.75, 3.05) is 33.4 Å². The summed E-state index contributed by atoms with van der Waals surface area (Å²) in [6.45, 7) is 2.90. The lowest BCUT2D eigenvalue weighted by molar-refractivity contribution is -0.0935. The summed E-state index contributed by atoms with van der Waals surface area (Å²) < 4.78 is 17.4. The Morgan fingerprint density at radius 1 is 1.03 bits per heavy atom. The first-order valence-corrected chi connectivity index (χ1v) is 10.5. The molecule has 0 N–H and O–H groups in total. The Morgan fingerprint density at radius 3 is 2.72 bits per heavy atom. The Balaban J connectivity index is 1.33. The van der Waals surface area contributed by atoms with E-state index in [0.717, 1.165) is 67.9 Å². The van der Waals surface area contributed by atoms with Crippen LogP contribution in [0, 0.1) is 0 Å². The number of carbonyl (C=O) groups excluding carboxylic acids is 1. The van der Waals surface area contributed by atoms with Crippen LogP contribution in [-0.4, -0.2) is 44.2 Å². The molecule has 0 unspecified atom stereocenters. The van der Waals surface area contributed by atoms with Crippen LogP contribution >= 0.6 is 0 Å². The number of carbonyl (C=O) groups is 1. The van der Waals surface area contributed by atoms with E-state index in [-0.39, 0.29) is 11.5 Å². The SMILES string of the molecule is COc1ccc2c(c1)CCOC21CCN(C(=O)c2ccc3c(c2)CCCO3)CC1. The first-order valence-electron chi connectivity index (χ1n) is 10.5. The smallest absolute Gasteiger partial charge is 0.253 e. The van der Waals surface area contributed by atoms with Crippen molar-refractivity contribution in [3.05, 3.63) is 58.7 Å². The zero-order valence-electron chi connectivity index (χ0n) is 16.9. The highest BCUT2D eigenvalue weighted by Crippen LogP contribution is 2.42. The van der Waals surface area contributed by atoms with Gasteiger partial charge in [-0.3, -0.25) is 4.79 Å². The summed E-state index contributed by atoms with van der Waals surface area (Å²) in [5.74, 6) is 1.93. The van der Waals surface area contributed by atoms with Gasteiger partial charge in [0.2, 0.25) is 0 Å². The second-order valence-electron chi connectivity index (χ2n) is 8.18. The fourth-order valence-electron chi connectivity index (χ4n) is 4.94. The molecule has 2 aromatic carbocycles. The Hall–Kier alpha value is -2.53. The second-order valence-corrected chi connectivity index (χ2v) is 8.18. The van der Waals surface area contributed by atoms with Crippen molar-refractivity contribution < 1.29 is 19.0 Å². The highest BCUT2D eigenvalue weighted by Gasteiger charge is 2.41. The van der Waals surface area contributed by atoms with Crippen molar-refractivity contribution in [2.45, 2.75) is 37.7 Å². The molecule has 5 rings (SSSR count). The van der Waals surface area contributed by atoms with E-state index in [2.05, 4.69) is 12.1 Å². The summed E-state index contributed by atoms with van der Waals surface area (Å²) in [5.41, 5.74) is 4.21. The molecule has 1 spiro atoms. The van der Waals surface area contributed by atoms with Gasteiger partial charge in [-0.2, -0.15) is 0 Å². The number of hydrogen-bond acceptors (Lipinski definition) is 4. The van der Waals surface area contributed by atoms with E-state index in [9.17, 15) is 4.79 Å². The molecule has 5 nitrogen and oxygen atoms in total. The van der Waals surface area contributed by atoms with Crippen molar-refractivity contribution in [3.8, 4) is 11.5 Å². The van der Waals surface area contributed by atoms with Crippen LogP contribution < -0.4 is 9.47 Å². The number of fused-ring (bicyclic) bond motifs is 3. The fourth-order valence-corrected chi connectivity index (χ4v) is 4.94. The largest absolute Gasteiger partial charge is 0.497 e.